The molecule has 1 saturated heterocycles. The molecule has 2 heterocycles. The summed E-state index contributed by atoms with van der Waals surface area (Å²) in [4.78, 5) is 13.6. The molecular formula is C13H21N3O2. The van der Waals surface area contributed by atoms with Gasteiger partial charge in [0.15, 0.2) is 0 Å². The van der Waals surface area contributed by atoms with Crippen molar-refractivity contribution in [3.8, 4) is 0 Å². The molecule has 0 radical (unpaired) electrons. The van der Waals surface area contributed by atoms with Gasteiger partial charge in [0.05, 0.1) is 5.69 Å². The van der Waals surface area contributed by atoms with Crippen molar-refractivity contribution >= 4 is 11.8 Å². The second-order valence-electron chi connectivity index (χ2n) is 4.97. The molecule has 2 rings (SSSR count). The molecule has 5 heteroatoms. The number of anilines is 1. The van der Waals surface area contributed by atoms with Crippen LogP contribution in [0.5, 0.6) is 0 Å². The zero-order valence-electron chi connectivity index (χ0n) is 11.1. The summed E-state index contributed by atoms with van der Waals surface area (Å²) in [7, 11) is 1.83. The van der Waals surface area contributed by atoms with Crippen molar-refractivity contribution in [1.82, 2.24) is 9.78 Å². The van der Waals surface area contributed by atoms with Crippen molar-refractivity contribution in [1.29, 1.82) is 0 Å². The highest BCUT2D eigenvalue weighted by Gasteiger charge is 2.24. The summed E-state index contributed by atoms with van der Waals surface area (Å²) in [5, 5.41) is 13.6. The first-order valence-corrected chi connectivity index (χ1v) is 6.63. The monoisotopic (exact) mass is 251 g/mol. The quantitative estimate of drug-likeness (QED) is 0.875. The van der Waals surface area contributed by atoms with Gasteiger partial charge in [0.2, 0.25) is 0 Å². The molecule has 1 aromatic heterocycles. The van der Waals surface area contributed by atoms with Crippen molar-refractivity contribution in [3.05, 3.63) is 11.3 Å². The number of carbonyl (C=O) groups is 1. The lowest BCUT2D eigenvalue weighted by Gasteiger charge is -2.27. The van der Waals surface area contributed by atoms with Gasteiger partial charge in [-0.05, 0) is 19.8 Å². The maximum absolute atomic E-state index is 11.4. The van der Waals surface area contributed by atoms with Gasteiger partial charge in [-0.2, -0.15) is 5.10 Å². The molecule has 0 saturated carbocycles. The van der Waals surface area contributed by atoms with Gasteiger partial charge < -0.3 is 10.0 Å². The highest BCUT2D eigenvalue weighted by molar-refractivity contribution is 5.94. The molecule has 0 atom stereocenters. The summed E-state index contributed by atoms with van der Waals surface area (Å²) in [6, 6.07) is 0. The number of carboxylic acid groups (broad SMARTS) is 1. The SMILES string of the molecule is Cc1nn(C)c(N2CCCCCCC2)c1C(=O)O. The topological polar surface area (TPSA) is 58.4 Å². The van der Waals surface area contributed by atoms with Crippen LogP contribution in [0.4, 0.5) is 5.82 Å². The summed E-state index contributed by atoms with van der Waals surface area (Å²) < 4.78 is 1.71. The van der Waals surface area contributed by atoms with E-state index in [0.717, 1.165) is 31.7 Å². The van der Waals surface area contributed by atoms with E-state index in [4.69, 9.17) is 0 Å². The minimum atomic E-state index is -0.877. The third kappa shape index (κ3) is 2.49. The maximum atomic E-state index is 11.4. The summed E-state index contributed by atoms with van der Waals surface area (Å²) in [6.45, 7) is 3.62. The Kier molecular flexibility index (Phi) is 3.89. The Morgan fingerprint density at radius 3 is 2.28 bits per heavy atom. The van der Waals surface area contributed by atoms with Crippen LogP contribution < -0.4 is 4.90 Å². The first-order chi connectivity index (χ1) is 8.61. The van der Waals surface area contributed by atoms with E-state index in [2.05, 4.69) is 10.00 Å². The Bertz CT molecular complexity index is 432. The van der Waals surface area contributed by atoms with Crippen molar-refractivity contribution < 1.29 is 9.90 Å². The Balaban J connectivity index is 2.32. The van der Waals surface area contributed by atoms with Crippen LogP contribution in [-0.4, -0.2) is 33.9 Å². The molecule has 1 fully saturated rings. The van der Waals surface area contributed by atoms with E-state index in [0.29, 0.717) is 11.3 Å². The van der Waals surface area contributed by atoms with Gasteiger partial charge in [0, 0.05) is 20.1 Å². The van der Waals surface area contributed by atoms with E-state index in [1.807, 2.05) is 7.05 Å². The molecule has 0 aliphatic carbocycles. The average molecular weight is 251 g/mol. The highest BCUT2D eigenvalue weighted by Crippen LogP contribution is 2.25. The first-order valence-electron chi connectivity index (χ1n) is 6.63. The lowest BCUT2D eigenvalue weighted by molar-refractivity contribution is 0.0696. The van der Waals surface area contributed by atoms with Gasteiger partial charge in [0.1, 0.15) is 11.4 Å². The predicted molar refractivity (Wildman–Crippen MR) is 70.2 cm³/mol. The number of aryl methyl sites for hydroxylation is 2. The fourth-order valence-electron chi connectivity index (χ4n) is 2.72. The molecule has 1 aliphatic rings. The van der Waals surface area contributed by atoms with E-state index in [-0.39, 0.29) is 0 Å². The Morgan fingerprint density at radius 2 is 1.72 bits per heavy atom. The Morgan fingerprint density at radius 1 is 1.17 bits per heavy atom. The molecule has 1 aliphatic heterocycles. The lowest BCUT2D eigenvalue weighted by Crippen LogP contribution is -2.30. The number of carboxylic acids is 1. The molecule has 18 heavy (non-hydrogen) atoms. The third-order valence-electron chi connectivity index (χ3n) is 3.56. The second kappa shape index (κ2) is 5.42. The summed E-state index contributed by atoms with van der Waals surface area (Å²) >= 11 is 0. The van der Waals surface area contributed by atoms with Crippen molar-refractivity contribution in [2.75, 3.05) is 18.0 Å². The van der Waals surface area contributed by atoms with Crippen LogP contribution in [-0.2, 0) is 7.05 Å². The number of aromatic carboxylic acids is 1. The minimum Gasteiger partial charge on any atom is -0.477 e. The van der Waals surface area contributed by atoms with E-state index in [1.54, 1.807) is 11.6 Å². The Labute approximate surface area is 107 Å². The van der Waals surface area contributed by atoms with Crippen LogP contribution in [0.25, 0.3) is 0 Å². The molecule has 0 unspecified atom stereocenters. The smallest absolute Gasteiger partial charge is 0.341 e. The zero-order valence-corrected chi connectivity index (χ0v) is 11.1. The summed E-state index contributed by atoms with van der Waals surface area (Å²) in [5.74, 6) is -0.112. The van der Waals surface area contributed by atoms with Crippen LogP contribution in [0.15, 0.2) is 0 Å². The maximum Gasteiger partial charge on any atom is 0.341 e. The van der Waals surface area contributed by atoms with Crippen molar-refractivity contribution in [3.63, 3.8) is 0 Å². The molecule has 1 N–H and O–H groups in total. The van der Waals surface area contributed by atoms with Gasteiger partial charge >= 0.3 is 5.97 Å². The van der Waals surface area contributed by atoms with Crippen LogP contribution in [0.2, 0.25) is 0 Å². The molecule has 0 bridgehead atoms. The van der Waals surface area contributed by atoms with Crippen LogP contribution in [0, 0.1) is 6.92 Å². The normalized spacial score (nSPS) is 17.3. The molecule has 100 valence electrons. The molecule has 1 aromatic rings. The number of hydrogen-bond donors (Lipinski definition) is 1. The largest absolute Gasteiger partial charge is 0.477 e. The molecule has 0 spiro atoms. The fraction of sp³-hybridized carbons (Fsp3) is 0.692. The van der Waals surface area contributed by atoms with E-state index < -0.39 is 5.97 Å². The summed E-state index contributed by atoms with van der Waals surface area (Å²) in [6.07, 6.45) is 6.02. The van der Waals surface area contributed by atoms with Crippen molar-refractivity contribution in [2.24, 2.45) is 7.05 Å². The predicted octanol–water partition coefficient (Wildman–Crippen LogP) is 2.20. The van der Waals surface area contributed by atoms with Crippen molar-refractivity contribution in [2.45, 2.75) is 39.0 Å². The van der Waals surface area contributed by atoms with E-state index >= 15 is 0 Å². The average Bonchev–Trinajstić information content (AvgIpc) is 2.53. The third-order valence-corrected chi connectivity index (χ3v) is 3.56. The van der Waals surface area contributed by atoms with Gasteiger partial charge in [-0.3, -0.25) is 4.68 Å². The fourth-order valence-corrected chi connectivity index (χ4v) is 2.72. The molecular weight excluding hydrogens is 230 g/mol. The molecule has 0 aromatic carbocycles. The molecule has 0 amide bonds. The standard InChI is InChI=1S/C13H21N3O2/c1-10-11(13(17)18)12(15(2)14-10)16-8-6-4-3-5-7-9-16/h3-9H2,1-2H3,(H,17,18). The number of hydrogen-bond acceptors (Lipinski definition) is 3. The van der Waals surface area contributed by atoms with E-state index in [9.17, 15) is 9.90 Å². The second-order valence-corrected chi connectivity index (χ2v) is 4.97. The number of aromatic nitrogens is 2. The summed E-state index contributed by atoms with van der Waals surface area (Å²) in [5.41, 5.74) is 0.958. The minimum absolute atomic E-state index is 0.359. The lowest BCUT2D eigenvalue weighted by atomic mass is 10.1. The van der Waals surface area contributed by atoms with Gasteiger partial charge in [-0.1, -0.05) is 19.3 Å². The van der Waals surface area contributed by atoms with Crippen LogP contribution in [0.3, 0.4) is 0 Å². The van der Waals surface area contributed by atoms with Gasteiger partial charge in [0.25, 0.3) is 0 Å². The first kappa shape index (κ1) is 12.9. The van der Waals surface area contributed by atoms with Gasteiger partial charge in [-0.15, -0.1) is 0 Å². The Hall–Kier alpha value is -1.52. The van der Waals surface area contributed by atoms with E-state index in [1.165, 1.54) is 19.3 Å². The van der Waals surface area contributed by atoms with Gasteiger partial charge in [-0.25, -0.2) is 4.79 Å². The highest BCUT2D eigenvalue weighted by atomic mass is 16.4. The van der Waals surface area contributed by atoms with Crippen LogP contribution >= 0.6 is 0 Å². The zero-order chi connectivity index (χ0) is 13.1. The van der Waals surface area contributed by atoms with Crippen LogP contribution in [0.1, 0.15) is 48.2 Å². The molecule has 5 nitrogen and oxygen atoms in total. The number of rotatable bonds is 2. The number of nitrogens with zero attached hydrogens (tertiary/aromatic N) is 3.